The summed E-state index contributed by atoms with van der Waals surface area (Å²) < 4.78 is 19.1. The first-order chi connectivity index (χ1) is 32.8. The summed E-state index contributed by atoms with van der Waals surface area (Å²) in [6.07, 6.45) is 7.62. The molecular weight excluding hydrogens is 1010 g/mol. The molecule has 6 aromatic rings. The number of alkyl carbamates (subject to hydrolysis) is 2. The van der Waals surface area contributed by atoms with E-state index in [9.17, 15) is 19.2 Å². The highest BCUT2D eigenvalue weighted by atomic mass is 32.1. The number of imidazole rings is 2. The summed E-state index contributed by atoms with van der Waals surface area (Å²) >= 11 is 1.82. The van der Waals surface area contributed by atoms with E-state index in [1.807, 2.05) is 61.2 Å². The Kier molecular flexibility index (Phi) is 17.8. The molecule has 388 valence electrons. The number of hydrogen-bond donors (Lipinski definition) is 4. The van der Waals surface area contributed by atoms with Crippen molar-refractivity contribution in [3.8, 4) is 39.5 Å². The highest BCUT2D eigenvalue weighted by Crippen LogP contribution is 2.50. The van der Waals surface area contributed by atoms with Gasteiger partial charge in [-0.25, -0.2) is 19.6 Å². The zero-order chi connectivity index (χ0) is 47.5. The van der Waals surface area contributed by atoms with Gasteiger partial charge in [-0.15, -0.1) is 11.3 Å². The fourth-order valence-electron chi connectivity index (χ4n) is 10.3. The Bertz CT molecular complexity index is 2930. The molecule has 16 nitrogen and oxygen atoms in total. The number of nitrogens with one attached hydrogen (secondary N) is 4. The molecule has 0 radical (unpaired) electrons. The number of benzene rings is 2. The Morgan fingerprint density at radius 3 is 1.78 bits per heavy atom. The third-order valence-electron chi connectivity index (χ3n) is 14.0. The second kappa shape index (κ2) is 22.9. The number of aryl methyl sites for hydroxylation is 1. The largest absolute Gasteiger partial charge is 0.464 e. The van der Waals surface area contributed by atoms with Crippen molar-refractivity contribution >= 4 is 100 Å². The molecule has 0 bridgehead atoms. The van der Waals surface area contributed by atoms with Crippen LogP contribution in [0.3, 0.4) is 0 Å². The van der Waals surface area contributed by atoms with Crippen molar-refractivity contribution in [3.63, 3.8) is 0 Å². The number of thiophene rings is 1. The van der Waals surface area contributed by atoms with Crippen LogP contribution >= 0.6 is 65.3 Å². The number of likely N-dealkylation sites (tertiary alicyclic amines) is 2. The molecule has 4 aromatic heterocycles. The molecule has 1 saturated carbocycles. The lowest BCUT2D eigenvalue weighted by Crippen LogP contribution is -2.51. The fourth-order valence-corrected chi connectivity index (χ4v) is 11.5. The smallest absolute Gasteiger partial charge is 0.407 e. The van der Waals surface area contributed by atoms with Crippen LogP contribution in [0.25, 0.3) is 44.7 Å². The van der Waals surface area contributed by atoms with Gasteiger partial charge in [0.1, 0.15) is 29.5 Å². The first-order valence-corrected chi connectivity index (χ1v) is 24.6. The quantitative estimate of drug-likeness (QED) is 0.0925. The van der Waals surface area contributed by atoms with Crippen LogP contribution < -0.4 is 15.4 Å². The van der Waals surface area contributed by atoms with Gasteiger partial charge in [0.15, 0.2) is 0 Å². The number of carbonyl (C=O) groups is 4. The van der Waals surface area contributed by atoms with Crippen molar-refractivity contribution < 1.29 is 33.4 Å². The number of methoxy groups -OCH3 is 2. The van der Waals surface area contributed by atoms with Crippen LogP contribution in [-0.4, -0.2) is 97.7 Å². The zero-order valence-corrected chi connectivity index (χ0v) is 46.4. The normalized spacial score (nSPS) is 18.7. The monoisotopic (exact) mass is 1080 g/mol. The summed E-state index contributed by atoms with van der Waals surface area (Å²) in [5.41, 5.74) is 7.73. The summed E-state index contributed by atoms with van der Waals surface area (Å²) in [4.78, 5) is 74.9. The van der Waals surface area contributed by atoms with Gasteiger partial charge in [-0.3, -0.25) is 14.2 Å². The van der Waals surface area contributed by atoms with E-state index in [1.54, 1.807) is 0 Å². The number of rotatable bonds is 12. The Morgan fingerprint density at radius 2 is 1.25 bits per heavy atom. The molecule has 2 aromatic carbocycles. The predicted molar refractivity (Wildman–Crippen MR) is 300 cm³/mol. The van der Waals surface area contributed by atoms with E-state index in [1.165, 1.54) is 31.9 Å². The van der Waals surface area contributed by atoms with Crippen LogP contribution in [0.2, 0.25) is 0 Å². The summed E-state index contributed by atoms with van der Waals surface area (Å²) in [5.74, 6) is 2.26. The molecule has 1 aliphatic carbocycles. The van der Waals surface area contributed by atoms with Gasteiger partial charge in [0.05, 0.1) is 66.2 Å². The standard InChI is InChI=1S/C51H59N9O7S.4H2S/c1-26(2)43(56-50(63)65-6)47(61)58-18-8-10-36(58)45-52-24-33(54-45)30-14-15-35-32(21-30)22-38-42-28(5)20-31(23-39(42)67-49(60(35)38)41-17-16-40(68-41)29-12-13-29)34-25-53-46(55-34)37-11-9-19-59(37)48(62)44(27(3)4)57-51(64)66-7;;;;/h14-17,20-27,29,36-37,43-44,49H,8-13,18-19H2,1-7H3,(H,52,54)(H,53,55)(H,56,63)(H,57,64);4*1H2/t36-,37-,43-,44-,49?;;;;/m0..../s1. The van der Waals surface area contributed by atoms with E-state index in [0.717, 1.165) is 86.5 Å². The molecule has 10 rings (SSSR count). The molecule has 2 saturated heterocycles. The van der Waals surface area contributed by atoms with E-state index in [2.05, 4.69) is 80.6 Å². The van der Waals surface area contributed by atoms with Crippen LogP contribution in [0.15, 0.2) is 60.9 Å². The second-order valence-corrected chi connectivity index (χ2v) is 20.4. The molecule has 3 aliphatic heterocycles. The minimum atomic E-state index is -0.718. The van der Waals surface area contributed by atoms with Crippen molar-refractivity contribution in [2.45, 2.75) is 109 Å². The summed E-state index contributed by atoms with van der Waals surface area (Å²) in [6, 6.07) is 15.5. The van der Waals surface area contributed by atoms with Crippen molar-refractivity contribution in [1.82, 2.24) is 44.9 Å². The molecule has 0 spiro atoms. The van der Waals surface area contributed by atoms with E-state index in [4.69, 9.17) is 24.2 Å². The number of aromatic nitrogens is 5. The molecule has 5 atom stereocenters. The van der Waals surface area contributed by atoms with Crippen LogP contribution in [-0.2, 0) is 19.1 Å². The third kappa shape index (κ3) is 10.6. The Balaban J connectivity index is 0.00000212. The highest BCUT2D eigenvalue weighted by Gasteiger charge is 2.40. The lowest BCUT2D eigenvalue weighted by molar-refractivity contribution is -0.136. The SMILES string of the molecule is COC(=O)N[C@H](C(=O)N1CCC[C@H]1c1ncc(-c2cc(C)c3c(c2)OC(c2ccc(C4CC4)s2)n2c-3cc3cc(-c4cnc([C@@H]5CCCN5C(=O)[C@@H](NC(=O)OC)C(C)C)[nH]4)ccc32)[nH]1)C(C)C.S.S.S.S. The lowest BCUT2D eigenvalue weighted by atomic mass is 9.98. The van der Waals surface area contributed by atoms with Gasteiger partial charge in [-0.05, 0) is 111 Å². The average molecular weight is 1080 g/mol. The van der Waals surface area contributed by atoms with Gasteiger partial charge in [0.25, 0.3) is 0 Å². The lowest BCUT2D eigenvalue weighted by Gasteiger charge is -2.31. The molecule has 3 fully saturated rings. The minimum absolute atomic E-state index is 0. The number of nitrogens with zero attached hydrogens (tertiary/aromatic N) is 5. The van der Waals surface area contributed by atoms with Crippen molar-refractivity contribution in [3.05, 3.63) is 87.9 Å². The maximum absolute atomic E-state index is 13.9. The van der Waals surface area contributed by atoms with Gasteiger partial charge < -0.3 is 44.6 Å². The van der Waals surface area contributed by atoms with E-state index in [0.29, 0.717) is 30.7 Å². The van der Waals surface area contributed by atoms with Gasteiger partial charge in [-0.1, -0.05) is 33.8 Å². The number of carbonyl (C=O) groups excluding carboxylic acids is 4. The number of hydrogen-bond acceptors (Lipinski definition) is 10. The van der Waals surface area contributed by atoms with E-state index in [-0.39, 0.29) is 89.7 Å². The van der Waals surface area contributed by atoms with E-state index < -0.39 is 30.5 Å². The number of aromatic amines is 2. The topological polar surface area (TPSA) is 189 Å². The molecule has 4 N–H and O–H groups in total. The van der Waals surface area contributed by atoms with Gasteiger partial charge in [0, 0.05) is 40.0 Å². The second-order valence-electron chi connectivity index (χ2n) is 19.3. The fraction of sp³-hybridized carbons (Fsp3) is 0.451. The Hall–Kier alpha value is -5.22. The number of amides is 4. The first-order valence-electron chi connectivity index (χ1n) is 23.8. The number of fused-ring (bicyclic) bond motifs is 5. The first kappa shape index (κ1) is 56.1. The van der Waals surface area contributed by atoms with E-state index >= 15 is 0 Å². The maximum atomic E-state index is 13.9. The third-order valence-corrected chi connectivity index (χ3v) is 15.3. The number of ether oxygens (including phenoxy) is 3. The van der Waals surface area contributed by atoms with Gasteiger partial charge >= 0.3 is 12.2 Å². The molecule has 4 amide bonds. The molecular formula is C51H67N9O7S5. The summed E-state index contributed by atoms with van der Waals surface area (Å²) in [7, 11) is 2.59. The van der Waals surface area contributed by atoms with Crippen molar-refractivity contribution in [2.24, 2.45) is 11.8 Å². The zero-order valence-electron chi connectivity index (χ0n) is 41.6. The Labute approximate surface area is 451 Å². The molecule has 21 heteroatoms. The maximum Gasteiger partial charge on any atom is 0.407 e. The molecule has 4 aliphatic rings. The van der Waals surface area contributed by atoms with Crippen molar-refractivity contribution in [2.75, 3.05) is 27.3 Å². The molecule has 7 heterocycles. The Morgan fingerprint density at radius 1 is 0.708 bits per heavy atom. The summed E-state index contributed by atoms with van der Waals surface area (Å²) in [6.45, 7) is 10.9. The van der Waals surface area contributed by atoms with Crippen LogP contribution in [0.1, 0.15) is 117 Å². The number of H-pyrrole nitrogens is 2. The summed E-state index contributed by atoms with van der Waals surface area (Å²) in [5, 5.41) is 6.52. The van der Waals surface area contributed by atoms with Gasteiger partial charge in [0.2, 0.25) is 18.0 Å². The van der Waals surface area contributed by atoms with Crippen LogP contribution in [0.5, 0.6) is 5.75 Å². The van der Waals surface area contributed by atoms with Crippen molar-refractivity contribution in [1.29, 1.82) is 0 Å². The van der Waals surface area contributed by atoms with Crippen LogP contribution in [0, 0.1) is 18.8 Å². The average Bonchev–Trinajstić information content (AvgIpc) is 4.05. The highest BCUT2D eigenvalue weighted by molar-refractivity contribution is 7.59. The minimum Gasteiger partial charge on any atom is -0.464 e. The molecule has 72 heavy (non-hydrogen) atoms. The van der Waals surface area contributed by atoms with Crippen LogP contribution in [0.4, 0.5) is 9.59 Å². The van der Waals surface area contributed by atoms with Gasteiger partial charge in [-0.2, -0.15) is 54.0 Å². The predicted octanol–water partition coefficient (Wildman–Crippen LogP) is 9.81. The molecule has 1 unspecified atom stereocenters.